The van der Waals surface area contributed by atoms with Crippen LogP contribution in [0.25, 0.3) is 11.3 Å². The summed E-state index contributed by atoms with van der Waals surface area (Å²) in [6, 6.07) is 1.72. The Bertz CT molecular complexity index is 1020. The maximum Gasteiger partial charge on any atom is 0.266 e. The van der Waals surface area contributed by atoms with Crippen LogP contribution in [-0.4, -0.2) is 49.0 Å². The third-order valence-electron chi connectivity index (χ3n) is 5.26. The molecule has 0 unspecified atom stereocenters. The molecule has 3 aromatic heterocycles. The number of likely N-dealkylation sites (tertiary alicyclic amines) is 1. The van der Waals surface area contributed by atoms with Gasteiger partial charge in [0.2, 0.25) is 0 Å². The lowest BCUT2D eigenvalue weighted by Crippen LogP contribution is -2.39. The molecule has 0 aliphatic carbocycles. The third kappa shape index (κ3) is 3.72. The zero-order valence-corrected chi connectivity index (χ0v) is 17.7. The number of amides is 1. The fraction of sp³-hybridized carbons (Fsp3) is 0.500. The van der Waals surface area contributed by atoms with Crippen molar-refractivity contribution in [2.75, 3.05) is 13.2 Å². The highest BCUT2D eigenvalue weighted by atomic mass is 32.1. The molecule has 1 saturated heterocycles. The molecule has 8 nitrogen and oxygen atoms in total. The Balaban J connectivity index is 1.77. The molecule has 1 N–H and O–H groups in total. The van der Waals surface area contributed by atoms with Crippen LogP contribution in [0.2, 0.25) is 0 Å². The molecule has 0 saturated carbocycles. The van der Waals surface area contributed by atoms with E-state index in [4.69, 9.17) is 4.52 Å². The van der Waals surface area contributed by atoms with Gasteiger partial charge in [0.15, 0.2) is 5.76 Å². The van der Waals surface area contributed by atoms with Crippen LogP contribution < -0.4 is 0 Å². The Kier molecular flexibility index (Phi) is 5.51. The lowest BCUT2D eigenvalue weighted by Gasteiger charge is -2.36. The van der Waals surface area contributed by atoms with Gasteiger partial charge < -0.3 is 14.5 Å². The SMILES string of the molecule is Cc1cc(-c2cnn(CCO)c2[C@@H]2CCCCN2C(=O)c2sc(C)nc2C)on1. The highest BCUT2D eigenvalue weighted by Gasteiger charge is 2.35. The van der Waals surface area contributed by atoms with E-state index in [-0.39, 0.29) is 18.6 Å². The second-order valence-corrected chi connectivity index (χ2v) is 8.58. The molecule has 1 atom stereocenters. The highest BCUT2D eigenvalue weighted by Crippen LogP contribution is 2.38. The fourth-order valence-electron chi connectivity index (χ4n) is 4.02. The molecular formula is C20H25N5O3S. The van der Waals surface area contributed by atoms with Crippen molar-refractivity contribution >= 4 is 17.2 Å². The predicted molar refractivity (Wildman–Crippen MR) is 109 cm³/mol. The zero-order chi connectivity index (χ0) is 20.5. The van der Waals surface area contributed by atoms with Crippen LogP contribution >= 0.6 is 11.3 Å². The first kappa shape index (κ1) is 19.8. The van der Waals surface area contributed by atoms with E-state index in [9.17, 15) is 9.90 Å². The smallest absolute Gasteiger partial charge is 0.266 e. The Hall–Kier alpha value is -2.52. The fourth-order valence-corrected chi connectivity index (χ4v) is 4.89. The minimum atomic E-state index is -0.146. The van der Waals surface area contributed by atoms with E-state index in [1.54, 1.807) is 10.9 Å². The molecule has 0 spiro atoms. The maximum atomic E-state index is 13.4. The van der Waals surface area contributed by atoms with Crippen molar-refractivity contribution in [2.24, 2.45) is 0 Å². The van der Waals surface area contributed by atoms with Crippen molar-refractivity contribution < 1.29 is 14.4 Å². The second kappa shape index (κ2) is 8.08. The number of aromatic nitrogens is 4. The average molecular weight is 416 g/mol. The van der Waals surface area contributed by atoms with Gasteiger partial charge in [0, 0.05) is 12.6 Å². The van der Waals surface area contributed by atoms with Crippen molar-refractivity contribution in [3.05, 3.63) is 39.2 Å². The molecule has 29 heavy (non-hydrogen) atoms. The number of piperidine rings is 1. The quantitative estimate of drug-likeness (QED) is 0.687. The van der Waals surface area contributed by atoms with E-state index in [2.05, 4.69) is 15.2 Å². The maximum absolute atomic E-state index is 13.4. The van der Waals surface area contributed by atoms with Gasteiger partial charge in [-0.15, -0.1) is 11.3 Å². The van der Waals surface area contributed by atoms with Gasteiger partial charge in [-0.05, 0) is 40.0 Å². The molecular weight excluding hydrogens is 390 g/mol. The number of carbonyl (C=O) groups excluding carboxylic acids is 1. The Morgan fingerprint density at radius 2 is 2.17 bits per heavy atom. The Morgan fingerprint density at radius 3 is 2.83 bits per heavy atom. The van der Waals surface area contributed by atoms with Crippen molar-refractivity contribution in [1.82, 2.24) is 24.8 Å². The van der Waals surface area contributed by atoms with Crippen LogP contribution in [0.4, 0.5) is 0 Å². The lowest BCUT2D eigenvalue weighted by atomic mass is 9.95. The van der Waals surface area contributed by atoms with Gasteiger partial charge in [-0.2, -0.15) is 5.10 Å². The first-order chi connectivity index (χ1) is 14.0. The van der Waals surface area contributed by atoms with Gasteiger partial charge in [-0.25, -0.2) is 4.98 Å². The van der Waals surface area contributed by atoms with Crippen LogP contribution in [0, 0.1) is 20.8 Å². The molecule has 0 radical (unpaired) electrons. The molecule has 1 aliphatic rings. The molecule has 9 heteroatoms. The van der Waals surface area contributed by atoms with Crippen LogP contribution in [0.3, 0.4) is 0 Å². The molecule has 0 aromatic carbocycles. The summed E-state index contributed by atoms with van der Waals surface area (Å²) in [6.45, 7) is 6.68. The molecule has 1 fully saturated rings. The summed E-state index contributed by atoms with van der Waals surface area (Å²) in [5.41, 5.74) is 3.27. The van der Waals surface area contributed by atoms with Crippen LogP contribution in [0.1, 0.15) is 57.1 Å². The number of carbonyl (C=O) groups is 1. The number of thiazole rings is 1. The Morgan fingerprint density at radius 1 is 1.34 bits per heavy atom. The van der Waals surface area contributed by atoms with Crippen molar-refractivity contribution in [3.63, 3.8) is 0 Å². The van der Waals surface area contributed by atoms with Gasteiger partial charge >= 0.3 is 0 Å². The Labute approximate surface area is 173 Å². The highest BCUT2D eigenvalue weighted by molar-refractivity contribution is 7.13. The van der Waals surface area contributed by atoms with Crippen LogP contribution in [-0.2, 0) is 6.54 Å². The first-order valence-corrected chi connectivity index (χ1v) is 10.7. The number of hydrogen-bond donors (Lipinski definition) is 1. The summed E-state index contributed by atoms with van der Waals surface area (Å²) in [6.07, 6.45) is 4.56. The van der Waals surface area contributed by atoms with Gasteiger partial charge in [-0.3, -0.25) is 9.48 Å². The van der Waals surface area contributed by atoms with E-state index in [0.717, 1.165) is 46.9 Å². The second-order valence-electron chi connectivity index (χ2n) is 7.38. The normalized spacial score (nSPS) is 17.1. The monoisotopic (exact) mass is 415 g/mol. The summed E-state index contributed by atoms with van der Waals surface area (Å²) < 4.78 is 7.28. The molecule has 1 aliphatic heterocycles. The molecule has 4 heterocycles. The number of rotatable bonds is 5. The largest absolute Gasteiger partial charge is 0.394 e. The minimum absolute atomic E-state index is 0.00856. The molecule has 1 amide bonds. The van der Waals surface area contributed by atoms with Gasteiger partial charge in [0.05, 0.1) is 53.0 Å². The number of aryl methyl sites for hydroxylation is 3. The predicted octanol–water partition coefficient (Wildman–Crippen LogP) is 3.28. The summed E-state index contributed by atoms with van der Waals surface area (Å²) in [7, 11) is 0. The topological polar surface area (TPSA) is 97.3 Å². The zero-order valence-electron chi connectivity index (χ0n) is 16.9. The van der Waals surface area contributed by atoms with Crippen LogP contribution in [0.5, 0.6) is 0 Å². The third-order valence-corrected chi connectivity index (χ3v) is 6.32. The van der Waals surface area contributed by atoms with Crippen molar-refractivity contribution in [1.29, 1.82) is 0 Å². The van der Waals surface area contributed by atoms with Crippen molar-refractivity contribution in [2.45, 2.75) is 52.6 Å². The number of aliphatic hydroxyl groups excluding tert-OH is 1. The van der Waals surface area contributed by atoms with E-state index < -0.39 is 0 Å². The molecule has 154 valence electrons. The van der Waals surface area contributed by atoms with Crippen LogP contribution in [0.15, 0.2) is 16.8 Å². The van der Waals surface area contributed by atoms with E-state index in [1.807, 2.05) is 31.7 Å². The summed E-state index contributed by atoms with van der Waals surface area (Å²) >= 11 is 1.44. The summed E-state index contributed by atoms with van der Waals surface area (Å²) in [4.78, 5) is 20.5. The average Bonchev–Trinajstić information content (AvgIpc) is 3.40. The number of aliphatic hydroxyl groups is 1. The van der Waals surface area contributed by atoms with E-state index in [1.165, 1.54) is 11.3 Å². The summed E-state index contributed by atoms with van der Waals surface area (Å²) in [5.74, 6) is 0.638. The first-order valence-electron chi connectivity index (χ1n) is 9.85. The minimum Gasteiger partial charge on any atom is -0.394 e. The summed E-state index contributed by atoms with van der Waals surface area (Å²) in [5, 5.41) is 18.9. The van der Waals surface area contributed by atoms with E-state index in [0.29, 0.717) is 23.7 Å². The standard InChI is InChI=1S/C20H25N5O3S/c1-12-10-17(28-23-12)15-11-21-25(8-9-26)18(15)16-6-4-5-7-24(16)20(27)19-13(2)22-14(3)29-19/h10-11,16,26H,4-9H2,1-3H3/t16-/m0/s1. The van der Waals surface area contributed by atoms with Gasteiger partial charge in [0.25, 0.3) is 5.91 Å². The van der Waals surface area contributed by atoms with E-state index >= 15 is 0 Å². The molecule has 0 bridgehead atoms. The molecule has 4 rings (SSSR count). The molecule has 3 aromatic rings. The van der Waals surface area contributed by atoms with Crippen molar-refractivity contribution in [3.8, 4) is 11.3 Å². The van der Waals surface area contributed by atoms with Gasteiger partial charge in [-0.1, -0.05) is 5.16 Å². The van der Waals surface area contributed by atoms with Gasteiger partial charge in [0.1, 0.15) is 4.88 Å². The lowest BCUT2D eigenvalue weighted by molar-refractivity contribution is 0.0603. The number of nitrogens with zero attached hydrogens (tertiary/aromatic N) is 5. The number of hydrogen-bond acceptors (Lipinski definition) is 7.